The maximum atomic E-state index is 12.2. The van der Waals surface area contributed by atoms with Crippen LogP contribution >= 0.6 is 0 Å². The number of benzene rings is 1. The molecule has 1 aromatic rings. The standard InChI is InChI=1S/C14H22N2O2/c1-5-11(9-15)14(17)16(3)12-6-7-13(18-4)10(2)8-12/h6-8,11H,5,9,15H2,1-4H3. The average Bonchev–Trinajstić information content (AvgIpc) is 2.39. The van der Waals surface area contributed by atoms with Gasteiger partial charge in [0.1, 0.15) is 5.75 Å². The highest BCUT2D eigenvalue weighted by Gasteiger charge is 2.20. The van der Waals surface area contributed by atoms with E-state index in [1.165, 1.54) is 0 Å². The van der Waals surface area contributed by atoms with Gasteiger partial charge in [0.15, 0.2) is 0 Å². The minimum absolute atomic E-state index is 0.0598. The van der Waals surface area contributed by atoms with E-state index < -0.39 is 0 Å². The van der Waals surface area contributed by atoms with E-state index in [1.807, 2.05) is 32.0 Å². The number of aryl methyl sites for hydroxylation is 1. The Hall–Kier alpha value is -1.55. The van der Waals surface area contributed by atoms with E-state index in [2.05, 4.69) is 0 Å². The van der Waals surface area contributed by atoms with Gasteiger partial charge in [0.05, 0.1) is 13.0 Å². The van der Waals surface area contributed by atoms with Crippen molar-refractivity contribution in [3.05, 3.63) is 23.8 Å². The van der Waals surface area contributed by atoms with E-state index in [-0.39, 0.29) is 11.8 Å². The van der Waals surface area contributed by atoms with Crippen molar-refractivity contribution in [1.82, 2.24) is 0 Å². The zero-order valence-corrected chi connectivity index (χ0v) is 11.6. The third kappa shape index (κ3) is 3.01. The van der Waals surface area contributed by atoms with Crippen LogP contribution in [-0.2, 0) is 4.79 Å². The van der Waals surface area contributed by atoms with Crippen molar-refractivity contribution < 1.29 is 9.53 Å². The predicted octanol–water partition coefficient (Wildman–Crippen LogP) is 1.95. The Labute approximate surface area is 109 Å². The molecule has 2 N–H and O–H groups in total. The van der Waals surface area contributed by atoms with Crippen LogP contribution in [0.25, 0.3) is 0 Å². The minimum Gasteiger partial charge on any atom is -0.496 e. The van der Waals surface area contributed by atoms with Gasteiger partial charge >= 0.3 is 0 Å². The second-order valence-electron chi connectivity index (χ2n) is 4.39. The van der Waals surface area contributed by atoms with Gasteiger partial charge in [0.2, 0.25) is 5.91 Å². The molecule has 4 nitrogen and oxygen atoms in total. The summed E-state index contributed by atoms with van der Waals surface area (Å²) in [6, 6.07) is 5.70. The summed E-state index contributed by atoms with van der Waals surface area (Å²) >= 11 is 0. The molecule has 18 heavy (non-hydrogen) atoms. The van der Waals surface area contributed by atoms with Crippen LogP contribution in [-0.4, -0.2) is 26.6 Å². The molecule has 0 radical (unpaired) electrons. The second-order valence-corrected chi connectivity index (χ2v) is 4.39. The van der Waals surface area contributed by atoms with Crippen LogP contribution in [0.5, 0.6) is 5.75 Å². The molecule has 0 spiro atoms. The Bertz CT molecular complexity index is 414. The summed E-state index contributed by atoms with van der Waals surface area (Å²) in [4.78, 5) is 13.8. The molecule has 1 unspecified atom stereocenters. The quantitative estimate of drug-likeness (QED) is 0.869. The Morgan fingerprint density at radius 2 is 2.17 bits per heavy atom. The average molecular weight is 250 g/mol. The van der Waals surface area contributed by atoms with Gasteiger partial charge in [-0.15, -0.1) is 0 Å². The first-order chi connectivity index (χ1) is 8.54. The fourth-order valence-electron chi connectivity index (χ4n) is 1.91. The molecule has 1 aromatic carbocycles. The van der Waals surface area contributed by atoms with E-state index in [0.29, 0.717) is 6.54 Å². The highest BCUT2D eigenvalue weighted by atomic mass is 16.5. The van der Waals surface area contributed by atoms with Crippen molar-refractivity contribution in [1.29, 1.82) is 0 Å². The first-order valence-electron chi connectivity index (χ1n) is 6.17. The lowest BCUT2D eigenvalue weighted by Gasteiger charge is -2.23. The van der Waals surface area contributed by atoms with Crippen LogP contribution in [0.2, 0.25) is 0 Å². The molecule has 1 rings (SSSR count). The van der Waals surface area contributed by atoms with Crippen LogP contribution in [0.4, 0.5) is 5.69 Å². The van der Waals surface area contributed by atoms with Crippen molar-refractivity contribution in [2.45, 2.75) is 20.3 Å². The molecule has 0 aliphatic heterocycles. The lowest BCUT2D eigenvalue weighted by molar-refractivity contribution is -0.121. The number of ether oxygens (including phenoxy) is 1. The highest BCUT2D eigenvalue weighted by molar-refractivity contribution is 5.94. The Kier molecular flexibility index (Phi) is 5.16. The third-order valence-electron chi connectivity index (χ3n) is 3.22. The molecule has 1 atom stereocenters. The van der Waals surface area contributed by atoms with Crippen LogP contribution in [0.1, 0.15) is 18.9 Å². The van der Waals surface area contributed by atoms with E-state index in [4.69, 9.17) is 10.5 Å². The molecule has 4 heteroatoms. The smallest absolute Gasteiger partial charge is 0.231 e. The molecule has 0 aromatic heterocycles. The SMILES string of the molecule is CCC(CN)C(=O)N(C)c1ccc(OC)c(C)c1. The number of hydrogen-bond donors (Lipinski definition) is 1. The lowest BCUT2D eigenvalue weighted by Crippen LogP contribution is -2.36. The number of rotatable bonds is 5. The molecule has 0 saturated heterocycles. The molecule has 100 valence electrons. The Morgan fingerprint density at radius 1 is 1.50 bits per heavy atom. The summed E-state index contributed by atoms with van der Waals surface area (Å²) in [6.07, 6.45) is 0.759. The second kappa shape index (κ2) is 6.40. The van der Waals surface area contributed by atoms with Gasteiger partial charge in [-0.05, 0) is 37.1 Å². The maximum absolute atomic E-state index is 12.2. The van der Waals surface area contributed by atoms with E-state index >= 15 is 0 Å². The number of carbonyl (C=O) groups excluding carboxylic acids is 1. The summed E-state index contributed by atoms with van der Waals surface area (Å²) in [6.45, 7) is 4.32. The van der Waals surface area contributed by atoms with Crippen molar-refractivity contribution in [3.8, 4) is 5.75 Å². The predicted molar refractivity (Wildman–Crippen MR) is 74.0 cm³/mol. The van der Waals surface area contributed by atoms with Crippen molar-refractivity contribution in [3.63, 3.8) is 0 Å². The van der Waals surface area contributed by atoms with Gasteiger partial charge < -0.3 is 15.4 Å². The largest absolute Gasteiger partial charge is 0.496 e. The summed E-state index contributed by atoms with van der Waals surface area (Å²) < 4.78 is 5.21. The van der Waals surface area contributed by atoms with Crippen molar-refractivity contribution >= 4 is 11.6 Å². The van der Waals surface area contributed by atoms with Gasteiger partial charge in [0, 0.05) is 19.3 Å². The summed E-state index contributed by atoms with van der Waals surface area (Å²) in [5.41, 5.74) is 7.48. The minimum atomic E-state index is -0.114. The maximum Gasteiger partial charge on any atom is 0.231 e. The van der Waals surface area contributed by atoms with Gasteiger partial charge in [-0.1, -0.05) is 6.92 Å². The monoisotopic (exact) mass is 250 g/mol. The molecular formula is C14H22N2O2. The fraction of sp³-hybridized carbons (Fsp3) is 0.500. The van der Waals surface area contributed by atoms with Gasteiger partial charge in [-0.25, -0.2) is 0 Å². The molecule has 1 amide bonds. The van der Waals surface area contributed by atoms with Gasteiger partial charge in [-0.3, -0.25) is 4.79 Å². The molecular weight excluding hydrogens is 228 g/mol. The topological polar surface area (TPSA) is 55.6 Å². The Morgan fingerprint density at radius 3 is 2.61 bits per heavy atom. The van der Waals surface area contributed by atoms with E-state index in [9.17, 15) is 4.79 Å². The number of amides is 1. The van der Waals surface area contributed by atoms with Crippen LogP contribution in [0, 0.1) is 12.8 Å². The normalized spacial score (nSPS) is 12.1. The first-order valence-corrected chi connectivity index (χ1v) is 6.17. The number of carbonyl (C=O) groups is 1. The van der Waals surface area contributed by atoms with Gasteiger partial charge in [0.25, 0.3) is 0 Å². The number of hydrogen-bond acceptors (Lipinski definition) is 3. The number of nitrogens with zero attached hydrogens (tertiary/aromatic N) is 1. The zero-order valence-electron chi connectivity index (χ0n) is 11.6. The molecule has 0 fully saturated rings. The Balaban J connectivity index is 2.93. The van der Waals surface area contributed by atoms with Crippen LogP contribution in [0.3, 0.4) is 0 Å². The zero-order chi connectivity index (χ0) is 13.7. The summed E-state index contributed by atoms with van der Waals surface area (Å²) in [5.74, 6) is 0.771. The third-order valence-corrected chi connectivity index (χ3v) is 3.22. The van der Waals surface area contributed by atoms with E-state index in [1.54, 1.807) is 19.1 Å². The molecule has 0 heterocycles. The number of methoxy groups -OCH3 is 1. The van der Waals surface area contributed by atoms with Crippen LogP contribution < -0.4 is 15.4 Å². The van der Waals surface area contributed by atoms with Gasteiger partial charge in [-0.2, -0.15) is 0 Å². The summed E-state index contributed by atoms with van der Waals surface area (Å²) in [5, 5.41) is 0. The molecule has 0 aliphatic carbocycles. The first kappa shape index (κ1) is 14.5. The molecule has 0 saturated carbocycles. The molecule has 0 bridgehead atoms. The summed E-state index contributed by atoms with van der Waals surface area (Å²) in [7, 11) is 3.42. The molecule has 0 aliphatic rings. The van der Waals surface area contributed by atoms with Crippen molar-refractivity contribution in [2.24, 2.45) is 11.7 Å². The number of nitrogens with two attached hydrogens (primary N) is 1. The van der Waals surface area contributed by atoms with Crippen molar-refractivity contribution in [2.75, 3.05) is 25.6 Å². The fourth-order valence-corrected chi connectivity index (χ4v) is 1.91. The van der Waals surface area contributed by atoms with Crippen LogP contribution in [0.15, 0.2) is 18.2 Å². The lowest BCUT2D eigenvalue weighted by atomic mass is 10.0. The van der Waals surface area contributed by atoms with E-state index in [0.717, 1.165) is 23.4 Å². The highest BCUT2D eigenvalue weighted by Crippen LogP contribution is 2.24. The number of anilines is 1.